The monoisotopic (exact) mass is 296 g/mol. The van der Waals surface area contributed by atoms with Crippen LogP contribution in [-0.4, -0.2) is 22.4 Å². The van der Waals surface area contributed by atoms with Gasteiger partial charge in [0.1, 0.15) is 0 Å². The van der Waals surface area contributed by atoms with Crippen LogP contribution < -0.4 is 10.6 Å². The van der Waals surface area contributed by atoms with Crippen LogP contribution in [-0.2, 0) is 6.54 Å². The minimum absolute atomic E-state index is 0.0737. The van der Waals surface area contributed by atoms with Crippen molar-refractivity contribution in [2.75, 3.05) is 11.9 Å². The third kappa shape index (κ3) is 3.06. The van der Waals surface area contributed by atoms with Crippen molar-refractivity contribution in [3.63, 3.8) is 0 Å². The number of pyridine rings is 1. The summed E-state index contributed by atoms with van der Waals surface area (Å²) in [4.78, 5) is 20.2. The molecule has 112 valence electrons. The van der Waals surface area contributed by atoms with Crippen molar-refractivity contribution in [1.82, 2.24) is 15.3 Å². The largest absolute Gasteiger partial charge is 0.422 e. The molecule has 22 heavy (non-hydrogen) atoms. The van der Waals surface area contributed by atoms with Crippen LogP contribution in [0.5, 0.6) is 0 Å². The maximum Gasteiger partial charge on any atom is 0.297 e. The lowest BCUT2D eigenvalue weighted by atomic mass is 10.1. The van der Waals surface area contributed by atoms with E-state index in [4.69, 9.17) is 4.42 Å². The standard InChI is InChI=1S/C16H16N4O2/c1-2-17-15(21)12-6-3-5-11(9-12)10-19-16-20-14-13(22-16)7-4-8-18-14/h3-9H,2,10H2,1H3,(H,17,21)(H,18,19,20). The van der Waals surface area contributed by atoms with Crippen molar-refractivity contribution >= 4 is 23.2 Å². The van der Waals surface area contributed by atoms with E-state index in [1.54, 1.807) is 18.3 Å². The average Bonchev–Trinajstić information content (AvgIpc) is 2.96. The molecule has 1 aromatic carbocycles. The van der Waals surface area contributed by atoms with Gasteiger partial charge in [-0.2, -0.15) is 4.98 Å². The molecular weight excluding hydrogens is 280 g/mol. The number of oxazole rings is 1. The van der Waals surface area contributed by atoms with Gasteiger partial charge in [-0.3, -0.25) is 4.79 Å². The van der Waals surface area contributed by atoms with Crippen molar-refractivity contribution in [3.8, 4) is 0 Å². The summed E-state index contributed by atoms with van der Waals surface area (Å²) in [6.07, 6.45) is 1.67. The first-order valence-electron chi connectivity index (χ1n) is 7.09. The van der Waals surface area contributed by atoms with Gasteiger partial charge in [-0.05, 0) is 36.8 Å². The van der Waals surface area contributed by atoms with Gasteiger partial charge in [0.25, 0.3) is 11.9 Å². The number of amides is 1. The summed E-state index contributed by atoms with van der Waals surface area (Å²) in [5, 5.41) is 5.88. The van der Waals surface area contributed by atoms with Crippen molar-refractivity contribution in [3.05, 3.63) is 53.7 Å². The average molecular weight is 296 g/mol. The molecule has 0 atom stereocenters. The van der Waals surface area contributed by atoms with Crippen LogP contribution in [0.4, 0.5) is 6.01 Å². The highest BCUT2D eigenvalue weighted by atomic mass is 16.4. The van der Waals surface area contributed by atoms with Crippen LogP contribution in [0.2, 0.25) is 0 Å². The van der Waals surface area contributed by atoms with Crippen molar-refractivity contribution in [2.24, 2.45) is 0 Å². The van der Waals surface area contributed by atoms with Gasteiger partial charge in [-0.15, -0.1) is 0 Å². The van der Waals surface area contributed by atoms with E-state index in [-0.39, 0.29) is 5.91 Å². The lowest BCUT2D eigenvalue weighted by Gasteiger charge is -2.05. The van der Waals surface area contributed by atoms with Gasteiger partial charge in [0.2, 0.25) is 5.65 Å². The Balaban J connectivity index is 1.70. The molecule has 0 aliphatic carbocycles. The van der Waals surface area contributed by atoms with Gasteiger partial charge in [-0.1, -0.05) is 12.1 Å². The smallest absolute Gasteiger partial charge is 0.297 e. The fraction of sp³-hybridized carbons (Fsp3) is 0.188. The normalized spacial score (nSPS) is 10.6. The van der Waals surface area contributed by atoms with Crippen molar-refractivity contribution in [2.45, 2.75) is 13.5 Å². The fourth-order valence-electron chi connectivity index (χ4n) is 2.11. The molecule has 0 bridgehead atoms. The third-order valence-corrected chi connectivity index (χ3v) is 3.14. The van der Waals surface area contributed by atoms with Crippen molar-refractivity contribution < 1.29 is 9.21 Å². The van der Waals surface area contributed by atoms with Gasteiger partial charge >= 0.3 is 0 Å². The molecule has 6 heteroatoms. The Labute approximate surface area is 127 Å². The molecule has 0 saturated carbocycles. The summed E-state index contributed by atoms with van der Waals surface area (Å²) < 4.78 is 5.54. The van der Waals surface area contributed by atoms with Gasteiger partial charge in [0.15, 0.2) is 5.58 Å². The third-order valence-electron chi connectivity index (χ3n) is 3.14. The number of hydrogen-bond acceptors (Lipinski definition) is 5. The van der Waals surface area contributed by atoms with Crippen LogP contribution in [0.1, 0.15) is 22.8 Å². The van der Waals surface area contributed by atoms with Crippen LogP contribution in [0.25, 0.3) is 11.2 Å². The SMILES string of the molecule is CCNC(=O)c1cccc(CNc2nc3ncccc3o2)c1. The number of benzene rings is 1. The Morgan fingerprint density at radius 2 is 2.18 bits per heavy atom. The Morgan fingerprint density at radius 3 is 3.00 bits per heavy atom. The molecule has 0 unspecified atom stereocenters. The number of anilines is 1. The second kappa shape index (κ2) is 6.26. The highest BCUT2D eigenvalue weighted by molar-refractivity contribution is 5.94. The highest BCUT2D eigenvalue weighted by Crippen LogP contribution is 2.17. The minimum Gasteiger partial charge on any atom is -0.422 e. The Bertz CT molecular complexity index is 764. The van der Waals surface area contributed by atoms with Crippen LogP contribution in [0.15, 0.2) is 47.0 Å². The minimum atomic E-state index is -0.0737. The van der Waals surface area contributed by atoms with Crippen molar-refractivity contribution in [1.29, 1.82) is 0 Å². The van der Waals surface area contributed by atoms with Crippen LogP contribution >= 0.6 is 0 Å². The van der Waals surface area contributed by atoms with E-state index in [0.717, 1.165) is 5.56 Å². The molecule has 3 aromatic rings. The van der Waals surface area contributed by atoms with E-state index in [0.29, 0.717) is 35.9 Å². The molecule has 6 nitrogen and oxygen atoms in total. The number of aromatic nitrogens is 2. The number of fused-ring (bicyclic) bond motifs is 1. The molecule has 0 saturated heterocycles. The van der Waals surface area contributed by atoms with E-state index in [9.17, 15) is 4.79 Å². The number of rotatable bonds is 5. The number of carbonyl (C=O) groups is 1. The van der Waals surface area contributed by atoms with Crippen LogP contribution in [0, 0.1) is 0 Å². The molecule has 0 radical (unpaired) electrons. The van der Waals surface area contributed by atoms with E-state index in [2.05, 4.69) is 20.6 Å². The molecule has 0 aliphatic heterocycles. The second-order valence-corrected chi connectivity index (χ2v) is 4.76. The lowest BCUT2D eigenvalue weighted by Crippen LogP contribution is -2.22. The first-order chi connectivity index (χ1) is 10.8. The summed E-state index contributed by atoms with van der Waals surface area (Å²) in [6.45, 7) is 3.02. The predicted octanol–water partition coefficient (Wildman–Crippen LogP) is 2.58. The second-order valence-electron chi connectivity index (χ2n) is 4.76. The zero-order valence-electron chi connectivity index (χ0n) is 12.2. The van der Waals surface area contributed by atoms with Crippen LogP contribution in [0.3, 0.4) is 0 Å². The van der Waals surface area contributed by atoms with Gasteiger partial charge in [0.05, 0.1) is 0 Å². The fourth-order valence-corrected chi connectivity index (χ4v) is 2.11. The summed E-state index contributed by atoms with van der Waals surface area (Å²) in [6, 6.07) is 11.5. The molecule has 2 N–H and O–H groups in total. The van der Waals surface area contributed by atoms with E-state index in [1.165, 1.54) is 0 Å². The summed E-state index contributed by atoms with van der Waals surface area (Å²) in [5.41, 5.74) is 2.82. The molecule has 0 aliphatic rings. The molecular formula is C16H16N4O2. The van der Waals surface area contributed by atoms with Gasteiger partial charge in [-0.25, -0.2) is 4.98 Å². The van der Waals surface area contributed by atoms with E-state index < -0.39 is 0 Å². The Hall–Kier alpha value is -2.89. The quantitative estimate of drug-likeness (QED) is 0.756. The molecule has 3 rings (SSSR count). The topological polar surface area (TPSA) is 80.0 Å². The molecule has 0 fully saturated rings. The maximum atomic E-state index is 11.8. The Morgan fingerprint density at radius 1 is 1.27 bits per heavy atom. The summed E-state index contributed by atoms with van der Waals surface area (Å²) >= 11 is 0. The van der Waals surface area contributed by atoms with Gasteiger partial charge < -0.3 is 15.1 Å². The molecule has 1 amide bonds. The first-order valence-corrected chi connectivity index (χ1v) is 7.09. The van der Waals surface area contributed by atoms with Gasteiger partial charge in [0, 0.05) is 24.8 Å². The number of nitrogens with one attached hydrogen (secondary N) is 2. The Kier molecular flexibility index (Phi) is 4.00. The lowest BCUT2D eigenvalue weighted by molar-refractivity contribution is 0.0955. The summed E-state index contributed by atoms with van der Waals surface area (Å²) in [7, 11) is 0. The number of nitrogens with zero attached hydrogens (tertiary/aromatic N) is 2. The number of hydrogen-bond donors (Lipinski definition) is 2. The summed E-state index contributed by atoms with van der Waals surface area (Å²) in [5.74, 6) is -0.0737. The maximum absolute atomic E-state index is 11.8. The predicted molar refractivity (Wildman–Crippen MR) is 83.6 cm³/mol. The number of carbonyl (C=O) groups excluding carboxylic acids is 1. The molecule has 2 heterocycles. The van der Waals surface area contributed by atoms with E-state index >= 15 is 0 Å². The van der Waals surface area contributed by atoms with E-state index in [1.807, 2.05) is 31.2 Å². The zero-order chi connectivity index (χ0) is 15.4. The zero-order valence-corrected chi connectivity index (χ0v) is 12.2. The highest BCUT2D eigenvalue weighted by Gasteiger charge is 2.07. The first kappa shape index (κ1) is 14.1. The molecule has 2 aromatic heterocycles. The molecule has 0 spiro atoms.